The normalized spacial score (nSPS) is 12.8. The van der Waals surface area contributed by atoms with Crippen molar-refractivity contribution in [3.63, 3.8) is 0 Å². The summed E-state index contributed by atoms with van der Waals surface area (Å²) in [6.45, 7) is 0. The first-order valence-corrected chi connectivity index (χ1v) is 23.9. The zero-order chi connectivity index (χ0) is 45.5. The summed E-state index contributed by atoms with van der Waals surface area (Å²) >= 11 is 0. The van der Waals surface area contributed by atoms with E-state index in [9.17, 15) is 0 Å². The highest BCUT2D eigenvalue weighted by molar-refractivity contribution is 6.14. The van der Waals surface area contributed by atoms with E-state index in [1.165, 1.54) is 99.8 Å². The van der Waals surface area contributed by atoms with Crippen LogP contribution in [0.2, 0.25) is 0 Å². The lowest BCUT2D eigenvalue weighted by molar-refractivity contribution is 0.748. The third kappa shape index (κ3) is 5.86. The Bertz CT molecular complexity index is 3890. The van der Waals surface area contributed by atoms with Crippen molar-refractivity contribution in [1.29, 1.82) is 0 Å². The van der Waals surface area contributed by atoms with Gasteiger partial charge in [0, 0.05) is 27.7 Å². The lowest BCUT2D eigenvalue weighted by Crippen LogP contribution is -2.33. The zero-order valence-corrected chi connectivity index (χ0v) is 37.8. The molecule has 0 saturated carbocycles. The van der Waals surface area contributed by atoms with Gasteiger partial charge in [-0.2, -0.15) is 0 Å². The van der Waals surface area contributed by atoms with Crippen LogP contribution >= 0.6 is 0 Å². The monoisotopic (exact) mass is 876 g/mol. The number of hydrogen-bond acceptors (Lipinski definition) is 1. The molecule has 0 atom stereocenters. The Labute approximate surface area is 402 Å². The highest BCUT2D eigenvalue weighted by Crippen LogP contribution is 2.61. The maximum atomic E-state index is 2.54. The average Bonchev–Trinajstić information content (AvgIpc) is 3.92. The number of rotatable bonds is 7. The van der Waals surface area contributed by atoms with Gasteiger partial charge in [0.1, 0.15) is 0 Å². The second kappa shape index (κ2) is 15.6. The molecule has 0 N–H and O–H groups in total. The zero-order valence-electron chi connectivity index (χ0n) is 37.8. The molecule has 0 fully saturated rings. The molecular formula is C67H44N2. The molecule has 322 valence electrons. The second-order valence-corrected chi connectivity index (χ2v) is 18.4. The van der Waals surface area contributed by atoms with E-state index in [0.717, 1.165) is 22.6 Å². The van der Waals surface area contributed by atoms with Crippen LogP contribution in [-0.2, 0) is 5.41 Å². The predicted molar refractivity (Wildman–Crippen MR) is 288 cm³/mol. The van der Waals surface area contributed by atoms with E-state index in [0.29, 0.717) is 0 Å². The molecule has 14 rings (SSSR count). The van der Waals surface area contributed by atoms with Gasteiger partial charge in [-0.05, 0) is 115 Å². The van der Waals surface area contributed by atoms with Crippen molar-refractivity contribution in [2.75, 3.05) is 4.90 Å². The molecule has 69 heavy (non-hydrogen) atoms. The smallest absolute Gasteiger partial charge is 0.0754 e. The third-order valence-corrected chi connectivity index (χ3v) is 14.8. The minimum atomic E-state index is -0.461. The van der Waals surface area contributed by atoms with Crippen LogP contribution in [0, 0.1) is 0 Å². The van der Waals surface area contributed by atoms with Gasteiger partial charge in [-0.1, -0.05) is 224 Å². The van der Waals surface area contributed by atoms with Crippen LogP contribution in [-0.4, -0.2) is 4.57 Å². The second-order valence-electron chi connectivity index (χ2n) is 18.4. The van der Waals surface area contributed by atoms with Gasteiger partial charge in [-0.3, -0.25) is 0 Å². The van der Waals surface area contributed by atoms with Crippen LogP contribution in [0.15, 0.2) is 267 Å². The summed E-state index contributed by atoms with van der Waals surface area (Å²) in [4.78, 5) is 2.46. The van der Waals surface area contributed by atoms with Crippen LogP contribution in [0.25, 0.3) is 83.1 Å². The summed E-state index contributed by atoms with van der Waals surface area (Å²) in [7, 11) is 0. The first-order chi connectivity index (χ1) is 34.3. The van der Waals surface area contributed by atoms with E-state index in [2.05, 4.69) is 276 Å². The molecule has 11 aromatic carbocycles. The molecule has 2 heterocycles. The number of fused-ring (bicyclic) bond motifs is 12. The summed E-state index contributed by atoms with van der Waals surface area (Å²) in [5, 5.41) is 2.47. The Morgan fingerprint density at radius 3 is 1.43 bits per heavy atom. The van der Waals surface area contributed by atoms with Crippen LogP contribution < -0.4 is 4.90 Å². The van der Waals surface area contributed by atoms with E-state index in [1.807, 2.05) is 0 Å². The Balaban J connectivity index is 0.982. The standard InChI is InChI=1S/C67H44N2/c1-3-18-45(19-4-1)46-34-36-47(37-35-46)48-38-40-50(41-39-48)68(63-32-15-11-26-56(63)53-23-8-7-22-52(53)49-20-5-2-6-21-49)51-42-43-64-58(44-51)57-27-17-31-62-66(57)69(64)65-33-16-14-30-61(65)67(62)59-28-12-9-24-54(59)55-25-10-13-29-60(55)67/h1-44H. The molecule has 1 aliphatic carbocycles. The quantitative estimate of drug-likeness (QED) is 0.155. The number of aromatic nitrogens is 1. The maximum Gasteiger partial charge on any atom is 0.0754 e. The molecule has 1 spiro atoms. The fourth-order valence-electron chi connectivity index (χ4n) is 11.9. The van der Waals surface area contributed by atoms with Crippen LogP contribution in [0.3, 0.4) is 0 Å². The number of benzene rings is 11. The van der Waals surface area contributed by atoms with Gasteiger partial charge >= 0.3 is 0 Å². The van der Waals surface area contributed by atoms with Gasteiger partial charge in [-0.25, -0.2) is 0 Å². The molecule has 12 aromatic rings. The van der Waals surface area contributed by atoms with E-state index in [-0.39, 0.29) is 0 Å². The van der Waals surface area contributed by atoms with Gasteiger partial charge < -0.3 is 9.47 Å². The van der Waals surface area contributed by atoms with Crippen molar-refractivity contribution in [2.45, 2.75) is 5.41 Å². The summed E-state index contributed by atoms with van der Waals surface area (Å²) in [6, 6.07) is 98.5. The first-order valence-electron chi connectivity index (χ1n) is 23.9. The highest BCUT2D eigenvalue weighted by atomic mass is 15.1. The van der Waals surface area contributed by atoms with Crippen molar-refractivity contribution >= 4 is 38.9 Å². The Hall–Kier alpha value is -8.98. The van der Waals surface area contributed by atoms with Crippen molar-refractivity contribution in [3.05, 3.63) is 289 Å². The van der Waals surface area contributed by atoms with E-state index >= 15 is 0 Å². The van der Waals surface area contributed by atoms with Gasteiger partial charge in [-0.15, -0.1) is 0 Å². The van der Waals surface area contributed by atoms with Crippen LogP contribution in [0.4, 0.5) is 17.1 Å². The third-order valence-electron chi connectivity index (χ3n) is 14.8. The van der Waals surface area contributed by atoms with Crippen LogP contribution in [0.5, 0.6) is 0 Å². The summed E-state index contributed by atoms with van der Waals surface area (Å²) in [6.07, 6.45) is 0. The number of hydrogen-bond donors (Lipinski definition) is 0. The maximum absolute atomic E-state index is 2.54. The van der Waals surface area contributed by atoms with Crippen LogP contribution in [0.1, 0.15) is 22.3 Å². The first kappa shape index (κ1) is 39.2. The lowest BCUT2D eigenvalue weighted by Gasteiger charge is -2.39. The van der Waals surface area contributed by atoms with Crippen molar-refractivity contribution in [2.24, 2.45) is 0 Å². The minimum absolute atomic E-state index is 0.461. The molecule has 0 radical (unpaired) electrons. The minimum Gasteiger partial charge on any atom is -0.310 e. The average molecular weight is 877 g/mol. The molecule has 2 heteroatoms. The highest BCUT2D eigenvalue weighted by Gasteiger charge is 2.50. The molecule has 0 bridgehead atoms. The Morgan fingerprint density at radius 2 is 0.768 bits per heavy atom. The largest absolute Gasteiger partial charge is 0.310 e. The molecule has 2 aliphatic rings. The summed E-state index contributed by atoms with van der Waals surface area (Å²) in [5.41, 5.74) is 24.0. The predicted octanol–water partition coefficient (Wildman–Crippen LogP) is 17.6. The van der Waals surface area contributed by atoms with E-state index in [4.69, 9.17) is 0 Å². The fraction of sp³-hybridized carbons (Fsp3) is 0.0149. The van der Waals surface area contributed by atoms with Crippen molar-refractivity contribution in [1.82, 2.24) is 4.57 Å². The molecule has 2 nitrogen and oxygen atoms in total. The van der Waals surface area contributed by atoms with Crippen molar-refractivity contribution < 1.29 is 0 Å². The molecular weight excluding hydrogens is 833 g/mol. The number of anilines is 3. The lowest BCUT2D eigenvalue weighted by atomic mass is 9.65. The molecule has 1 aromatic heterocycles. The summed E-state index contributed by atoms with van der Waals surface area (Å²) in [5.74, 6) is 0. The van der Waals surface area contributed by atoms with Crippen molar-refractivity contribution in [3.8, 4) is 61.3 Å². The Morgan fingerprint density at radius 1 is 0.290 bits per heavy atom. The summed E-state index contributed by atoms with van der Waals surface area (Å²) < 4.78 is 2.54. The number of para-hydroxylation sites is 3. The van der Waals surface area contributed by atoms with E-state index < -0.39 is 5.41 Å². The van der Waals surface area contributed by atoms with Gasteiger partial charge in [0.15, 0.2) is 0 Å². The van der Waals surface area contributed by atoms with Gasteiger partial charge in [0.2, 0.25) is 0 Å². The fourth-order valence-corrected chi connectivity index (χ4v) is 11.9. The number of nitrogens with zero attached hydrogens (tertiary/aromatic N) is 2. The molecule has 0 saturated heterocycles. The molecule has 0 amide bonds. The van der Waals surface area contributed by atoms with Gasteiger partial charge in [0.05, 0.1) is 27.8 Å². The Kier molecular flexibility index (Phi) is 8.84. The molecule has 1 aliphatic heterocycles. The topological polar surface area (TPSA) is 8.17 Å². The van der Waals surface area contributed by atoms with Gasteiger partial charge in [0.25, 0.3) is 0 Å². The molecule has 0 unspecified atom stereocenters. The van der Waals surface area contributed by atoms with E-state index in [1.54, 1.807) is 0 Å². The SMILES string of the molecule is c1ccc(-c2ccc(-c3ccc(N(c4ccc5c(c4)c4cccc6c4n5-c4ccccc4C64c5ccccc5-c5ccccc54)c4ccccc4-c4ccccc4-c4ccccc4)cc3)cc2)cc1.